The molecule has 4 nitrogen and oxygen atoms in total. The quantitative estimate of drug-likeness (QED) is 0.787. The summed E-state index contributed by atoms with van der Waals surface area (Å²) in [7, 11) is 1.58. The van der Waals surface area contributed by atoms with Crippen LogP contribution in [0.5, 0.6) is 5.75 Å². The first-order valence-corrected chi connectivity index (χ1v) is 6.25. The van der Waals surface area contributed by atoms with Crippen LogP contribution in [0.4, 0.5) is 10.3 Å². The molecule has 0 saturated heterocycles. The molecule has 0 amide bonds. The number of imidazole rings is 1. The zero-order valence-electron chi connectivity index (χ0n) is 10.6. The Kier molecular flexibility index (Phi) is 2.99. The predicted molar refractivity (Wildman–Crippen MR) is 77.0 cm³/mol. The van der Waals surface area contributed by atoms with E-state index in [0.29, 0.717) is 17.0 Å². The lowest BCUT2D eigenvalue weighted by Crippen LogP contribution is -2.01. The standard InChI is InChI=1S/C14H11ClFN3O/c1-20-9-3-5-13-12(7-9)18-14(17)19(13)8-2-4-10(15)11(16)6-8/h2-7H,1H3,(H2,17,18). The number of nitrogen functional groups attached to an aromatic ring is 1. The van der Waals surface area contributed by atoms with Crippen LogP contribution in [0, 0.1) is 5.82 Å². The molecule has 0 spiro atoms. The van der Waals surface area contributed by atoms with Gasteiger partial charge in [-0.3, -0.25) is 4.57 Å². The number of methoxy groups -OCH3 is 1. The zero-order chi connectivity index (χ0) is 14.3. The minimum atomic E-state index is -0.501. The Balaban J connectivity index is 2.24. The lowest BCUT2D eigenvalue weighted by molar-refractivity contribution is 0.415. The maximum absolute atomic E-state index is 13.6. The molecule has 0 unspecified atom stereocenters. The first-order chi connectivity index (χ1) is 9.60. The van der Waals surface area contributed by atoms with Crippen molar-refractivity contribution in [3.05, 3.63) is 47.2 Å². The van der Waals surface area contributed by atoms with Crippen molar-refractivity contribution >= 4 is 28.6 Å². The summed E-state index contributed by atoms with van der Waals surface area (Å²) in [6, 6.07) is 9.89. The Morgan fingerprint density at radius 1 is 1.25 bits per heavy atom. The van der Waals surface area contributed by atoms with Gasteiger partial charge in [0.15, 0.2) is 0 Å². The van der Waals surface area contributed by atoms with Crippen LogP contribution in [0.1, 0.15) is 0 Å². The van der Waals surface area contributed by atoms with Crippen molar-refractivity contribution in [2.45, 2.75) is 0 Å². The molecule has 0 bridgehead atoms. The van der Waals surface area contributed by atoms with E-state index in [1.165, 1.54) is 12.1 Å². The van der Waals surface area contributed by atoms with E-state index in [9.17, 15) is 4.39 Å². The second-order valence-electron chi connectivity index (χ2n) is 4.26. The molecule has 3 rings (SSSR count). The molecule has 0 fully saturated rings. The maximum Gasteiger partial charge on any atom is 0.205 e. The van der Waals surface area contributed by atoms with E-state index < -0.39 is 5.82 Å². The summed E-state index contributed by atoms with van der Waals surface area (Å²) in [5.74, 6) is 0.457. The molecular formula is C14H11ClFN3O. The number of nitrogens with zero attached hydrogens (tertiary/aromatic N) is 2. The number of ether oxygens (including phenoxy) is 1. The van der Waals surface area contributed by atoms with E-state index in [4.69, 9.17) is 22.1 Å². The summed E-state index contributed by atoms with van der Waals surface area (Å²) >= 11 is 5.69. The number of nitrogens with two attached hydrogens (primary N) is 1. The van der Waals surface area contributed by atoms with Crippen LogP contribution < -0.4 is 10.5 Å². The smallest absolute Gasteiger partial charge is 0.205 e. The molecule has 6 heteroatoms. The third-order valence-corrected chi connectivity index (χ3v) is 3.36. The lowest BCUT2D eigenvalue weighted by atomic mass is 10.2. The van der Waals surface area contributed by atoms with Gasteiger partial charge in [-0.15, -0.1) is 0 Å². The van der Waals surface area contributed by atoms with Crippen molar-refractivity contribution in [1.29, 1.82) is 0 Å². The molecule has 2 N–H and O–H groups in total. The van der Waals surface area contributed by atoms with Gasteiger partial charge in [0.2, 0.25) is 5.95 Å². The number of anilines is 1. The van der Waals surface area contributed by atoms with E-state index in [0.717, 1.165) is 5.52 Å². The molecule has 0 radical (unpaired) electrons. The summed E-state index contributed by atoms with van der Waals surface area (Å²) < 4.78 is 20.4. The summed E-state index contributed by atoms with van der Waals surface area (Å²) in [5.41, 5.74) is 7.93. The van der Waals surface area contributed by atoms with Crippen LogP contribution in [-0.4, -0.2) is 16.7 Å². The second kappa shape index (κ2) is 4.68. The number of rotatable bonds is 2. The van der Waals surface area contributed by atoms with Gasteiger partial charge in [-0.05, 0) is 30.3 Å². The number of fused-ring (bicyclic) bond motifs is 1. The van der Waals surface area contributed by atoms with E-state index in [-0.39, 0.29) is 11.0 Å². The Morgan fingerprint density at radius 3 is 2.75 bits per heavy atom. The highest BCUT2D eigenvalue weighted by atomic mass is 35.5. The average Bonchev–Trinajstić information content (AvgIpc) is 2.76. The predicted octanol–water partition coefficient (Wildman–Crippen LogP) is 3.41. The van der Waals surface area contributed by atoms with Gasteiger partial charge in [-0.1, -0.05) is 11.6 Å². The van der Waals surface area contributed by atoms with E-state index in [1.54, 1.807) is 29.9 Å². The minimum Gasteiger partial charge on any atom is -0.497 e. The minimum absolute atomic E-state index is 0.0680. The third kappa shape index (κ3) is 1.96. The SMILES string of the molecule is COc1ccc2c(c1)nc(N)n2-c1ccc(Cl)c(F)c1. The number of hydrogen-bond acceptors (Lipinski definition) is 3. The normalized spacial score (nSPS) is 10.9. The van der Waals surface area contributed by atoms with E-state index in [1.807, 2.05) is 6.07 Å². The third-order valence-electron chi connectivity index (χ3n) is 3.05. The Labute approximate surface area is 119 Å². The molecule has 3 aromatic rings. The maximum atomic E-state index is 13.6. The van der Waals surface area contributed by atoms with Gasteiger partial charge in [0.25, 0.3) is 0 Å². The van der Waals surface area contributed by atoms with Crippen LogP contribution in [0.3, 0.4) is 0 Å². The van der Waals surface area contributed by atoms with Crippen molar-refractivity contribution < 1.29 is 9.13 Å². The highest BCUT2D eigenvalue weighted by Gasteiger charge is 2.12. The van der Waals surface area contributed by atoms with Crippen molar-refractivity contribution in [1.82, 2.24) is 9.55 Å². The largest absolute Gasteiger partial charge is 0.497 e. The number of halogens is 2. The Hall–Kier alpha value is -2.27. The van der Waals surface area contributed by atoms with Crippen LogP contribution in [-0.2, 0) is 0 Å². The molecule has 2 aromatic carbocycles. The lowest BCUT2D eigenvalue weighted by Gasteiger charge is -2.07. The molecule has 0 saturated carbocycles. The van der Waals surface area contributed by atoms with Crippen molar-refractivity contribution in [3.63, 3.8) is 0 Å². The summed E-state index contributed by atoms with van der Waals surface area (Å²) in [5, 5.41) is 0.0680. The Morgan fingerprint density at radius 2 is 2.05 bits per heavy atom. The summed E-state index contributed by atoms with van der Waals surface area (Å²) in [6.07, 6.45) is 0. The fourth-order valence-corrected chi connectivity index (χ4v) is 2.22. The molecule has 20 heavy (non-hydrogen) atoms. The highest BCUT2D eigenvalue weighted by molar-refractivity contribution is 6.30. The molecule has 1 aromatic heterocycles. The van der Waals surface area contributed by atoms with Crippen LogP contribution in [0.15, 0.2) is 36.4 Å². The summed E-state index contributed by atoms with van der Waals surface area (Å²) in [4.78, 5) is 4.26. The van der Waals surface area contributed by atoms with Gasteiger partial charge in [0.05, 0.1) is 28.9 Å². The average molecular weight is 292 g/mol. The van der Waals surface area contributed by atoms with E-state index >= 15 is 0 Å². The zero-order valence-corrected chi connectivity index (χ0v) is 11.4. The first-order valence-electron chi connectivity index (χ1n) is 5.87. The van der Waals surface area contributed by atoms with Gasteiger partial charge < -0.3 is 10.5 Å². The fraction of sp³-hybridized carbons (Fsp3) is 0.0714. The molecule has 0 aliphatic heterocycles. The molecule has 0 atom stereocenters. The van der Waals surface area contributed by atoms with Gasteiger partial charge in [0.1, 0.15) is 11.6 Å². The summed E-state index contributed by atoms with van der Waals surface area (Å²) in [6.45, 7) is 0. The van der Waals surface area contributed by atoms with Gasteiger partial charge in [0, 0.05) is 6.07 Å². The fourth-order valence-electron chi connectivity index (χ4n) is 2.10. The monoisotopic (exact) mass is 291 g/mol. The molecule has 1 heterocycles. The van der Waals surface area contributed by atoms with Crippen LogP contribution in [0.2, 0.25) is 5.02 Å². The van der Waals surface area contributed by atoms with Gasteiger partial charge >= 0.3 is 0 Å². The number of aromatic nitrogens is 2. The van der Waals surface area contributed by atoms with Crippen molar-refractivity contribution in [3.8, 4) is 11.4 Å². The molecule has 0 aliphatic carbocycles. The van der Waals surface area contributed by atoms with E-state index in [2.05, 4.69) is 4.98 Å². The van der Waals surface area contributed by atoms with Gasteiger partial charge in [-0.25, -0.2) is 9.37 Å². The van der Waals surface area contributed by atoms with Crippen molar-refractivity contribution in [2.24, 2.45) is 0 Å². The van der Waals surface area contributed by atoms with Crippen molar-refractivity contribution in [2.75, 3.05) is 12.8 Å². The second-order valence-corrected chi connectivity index (χ2v) is 4.67. The Bertz CT molecular complexity index is 800. The molecule has 102 valence electrons. The number of benzene rings is 2. The van der Waals surface area contributed by atoms with Crippen LogP contribution in [0.25, 0.3) is 16.7 Å². The van der Waals surface area contributed by atoms with Crippen LogP contribution >= 0.6 is 11.6 Å². The number of hydrogen-bond donors (Lipinski definition) is 1. The van der Waals surface area contributed by atoms with Gasteiger partial charge in [-0.2, -0.15) is 0 Å². The topological polar surface area (TPSA) is 53.1 Å². The first kappa shape index (κ1) is 12.7. The molecule has 0 aliphatic rings. The molecular weight excluding hydrogens is 281 g/mol. The highest BCUT2D eigenvalue weighted by Crippen LogP contribution is 2.27.